The first-order chi connectivity index (χ1) is 18.1. The monoisotopic (exact) mass is 509 g/mol. The second kappa shape index (κ2) is 9.65. The average molecular weight is 510 g/mol. The van der Waals surface area contributed by atoms with Crippen molar-refractivity contribution in [3.05, 3.63) is 97.6 Å². The smallest absolute Gasteiger partial charge is 0.382 e. The molecule has 4 aromatic carbocycles. The molecule has 0 amide bonds. The molecule has 0 saturated heterocycles. The van der Waals surface area contributed by atoms with E-state index in [-0.39, 0.29) is 6.61 Å². The van der Waals surface area contributed by atoms with Crippen LogP contribution in [0.1, 0.15) is 0 Å². The van der Waals surface area contributed by atoms with Crippen molar-refractivity contribution in [2.45, 2.75) is 12.3 Å². The number of imidazole rings is 1. The first-order valence-corrected chi connectivity index (χ1v) is 12.4. The number of nitrogen functional groups attached to an aromatic ring is 1. The summed E-state index contributed by atoms with van der Waals surface area (Å²) in [4.78, 5) is 12.6. The summed E-state index contributed by atoms with van der Waals surface area (Å²) in [5.41, 5.74) is 5.60. The average Bonchev–Trinajstić information content (AvgIpc) is 3.33. The van der Waals surface area contributed by atoms with Gasteiger partial charge in [-0.1, -0.05) is 72.8 Å². The van der Waals surface area contributed by atoms with Gasteiger partial charge in [0, 0.05) is 17.3 Å². The maximum atomic E-state index is 6.44. The van der Waals surface area contributed by atoms with Crippen molar-refractivity contribution >= 4 is 47.8 Å². The summed E-state index contributed by atoms with van der Waals surface area (Å²) in [6.45, 7) is 0.690. The van der Waals surface area contributed by atoms with Crippen LogP contribution in [0, 0.1) is 0 Å². The molecular weight excluding hydrogens is 485 g/mol. The number of benzene rings is 4. The number of anilines is 1. The highest BCUT2D eigenvalue weighted by Gasteiger charge is 2.32. The van der Waals surface area contributed by atoms with Gasteiger partial charge >= 0.3 is 5.71 Å². The van der Waals surface area contributed by atoms with Gasteiger partial charge in [-0.2, -0.15) is 0 Å². The summed E-state index contributed by atoms with van der Waals surface area (Å²) in [7, 11) is 2.60. The van der Waals surface area contributed by atoms with Gasteiger partial charge in [-0.25, -0.2) is 15.0 Å². The minimum Gasteiger partial charge on any atom is -0.427 e. The third-order valence-electron chi connectivity index (χ3n) is 6.07. The van der Waals surface area contributed by atoms with Crippen molar-refractivity contribution < 1.29 is 14.2 Å². The molecule has 0 saturated carbocycles. The fourth-order valence-electron chi connectivity index (χ4n) is 4.30. The van der Waals surface area contributed by atoms with E-state index in [1.165, 1.54) is 6.33 Å². The van der Waals surface area contributed by atoms with Crippen molar-refractivity contribution in [3.63, 3.8) is 0 Å². The van der Waals surface area contributed by atoms with E-state index in [0.29, 0.717) is 35.0 Å². The van der Waals surface area contributed by atoms with E-state index in [2.05, 4.69) is 24.2 Å². The highest BCUT2D eigenvalue weighted by atomic mass is 31.0. The molecule has 37 heavy (non-hydrogen) atoms. The van der Waals surface area contributed by atoms with Crippen molar-refractivity contribution in [1.29, 1.82) is 0 Å². The van der Waals surface area contributed by atoms with Gasteiger partial charge in [0.05, 0.1) is 12.9 Å². The number of nitrogens with two attached hydrogens (primary N) is 1. The standard InChI is InChI=1S/C28H24N5O3P/c29-26-25-27(31-17-30-26)33(18-32-25)15-16-34-28(37,35-23-13-5-9-19-7-1-3-11-21(19)23)36-24-14-6-10-20-8-2-4-12-22(20)24/h1-14,17-18H,15-16,37H2,(H2,29,30,31). The quantitative estimate of drug-likeness (QED) is 0.217. The van der Waals surface area contributed by atoms with Crippen LogP contribution in [-0.4, -0.2) is 31.8 Å². The van der Waals surface area contributed by atoms with E-state index in [0.717, 1.165) is 21.5 Å². The Morgan fingerprint density at radius 2 is 1.35 bits per heavy atom. The number of hydrogen-bond acceptors (Lipinski definition) is 7. The second-order valence-electron chi connectivity index (χ2n) is 8.48. The molecule has 0 bridgehead atoms. The minimum atomic E-state index is -1.52. The molecular formula is C28H24N5O3P. The van der Waals surface area contributed by atoms with Crippen molar-refractivity contribution in [2.75, 3.05) is 12.3 Å². The fraction of sp³-hybridized carbons (Fsp3) is 0.107. The zero-order valence-corrected chi connectivity index (χ0v) is 21.0. The molecule has 9 heteroatoms. The SMILES string of the molecule is Nc1ncnc2c1ncn2CCOC(P)(Oc1cccc2ccccc12)Oc1cccc2ccccc12. The zero-order chi connectivity index (χ0) is 25.2. The lowest BCUT2D eigenvalue weighted by atomic mass is 10.1. The lowest BCUT2D eigenvalue weighted by Crippen LogP contribution is -2.39. The Labute approximate surface area is 215 Å². The highest BCUT2D eigenvalue weighted by Crippen LogP contribution is 2.36. The molecule has 0 radical (unpaired) electrons. The van der Waals surface area contributed by atoms with Crippen LogP contribution in [0.15, 0.2) is 97.6 Å². The maximum absolute atomic E-state index is 6.44. The predicted octanol–water partition coefficient (Wildman–Crippen LogP) is 5.38. The predicted molar refractivity (Wildman–Crippen MR) is 147 cm³/mol. The number of ether oxygens (including phenoxy) is 3. The molecule has 2 heterocycles. The van der Waals surface area contributed by atoms with Gasteiger partial charge in [-0.3, -0.25) is 0 Å². The summed E-state index contributed by atoms with van der Waals surface area (Å²) in [6, 6.07) is 27.8. The Morgan fingerprint density at radius 3 is 2.00 bits per heavy atom. The molecule has 1 atom stereocenters. The molecule has 2 N–H and O–H groups in total. The van der Waals surface area contributed by atoms with Gasteiger partial charge in [0.15, 0.2) is 11.5 Å². The molecule has 0 aliphatic rings. The highest BCUT2D eigenvalue weighted by molar-refractivity contribution is 7.18. The van der Waals surface area contributed by atoms with E-state index < -0.39 is 5.71 Å². The number of nitrogens with zero attached hydrogens (tertiary/aromatic N) is 4. The Hall–Kier alpha value is -4.26. The summed E-state index contributed by atoms with van der Waals surface area (Å²) in [5.74, 6) is 1.62. The van der Waals surface area contributed by atoms with Crippen molar-refractivity contribution in [3.8, 4) is 11.5 Å². The van der Waals surface area contributed by atoms with E-state index in [4.69, 9.17) is 19.9 Å². The van der Waals surface area contributed by atoms with E-state index >= 15 is 0 Å². The lowest BCUT2D eigenvalue weighted by molar-refractivity contribution is -0.232. The van der Waals surface area contributed by atoms with Crippen LogP contribution in [0.5, 0.6) is 11.5 Å². The Bertz CT molecular complexity index is 1630. The minimum absolute atomic E-state index is 0.244. The largest absolute Gasteiger partial charge is 0.427 e. The third-order valence-corrected chi connectivity index (χ3v) is 6.47. The molecule has 0 aliphatic carbocycles. The molecule has 1 unspecified atom stereocenters. The van der Waals surface area contributed by atoms with Crippen LogP contribution in [0.4, 0.5) is 5.82 Å². The van der Waals surface area contributed by atoms with Crippen LogP contribution in [0.2, 0.25) is 0 Å². The Kier molecular flexibility index (Phi) is 6.04. The van der Waals surface area contributed by atoms with Crippen molar-refractivity contribution in [2.24, 2.45) is 0 Å². The van der Waals surface area contributed by atoms with E-state index in [1.807, 2.05) is 89.5 Å². The summed E-state index contributed by atoms with van der Waals surface area (Å²) in [5, 5.41) is 4.02. The first kappa shape index (κ1) is 23.2. The number of rotatable bonds is 8. The lowest BCUT2D eigenvalue weighted by Gasteiger charge is -2.31. The summed E-state index contributed by atoms with van der Waals surface area (Å²) in [6.07, 6.45) is 3.09. The molecule has 0 spiro atoms. The van der Waals surface area contributed by atoms with Gasteiger partial charge in [0.25, 0.3) is 0 Å². The summed E-state index contributed by atoms with van der Waals surface area (Å²) >= 11 is 0. The maximum Gasteiger partial charge on any atom is 0.382 e. The van der Waals surface area contributed by atoms with Gasteiger partial charge < -0.3 is 24.5 Å². The van der Waals surface area contributed by atoms with Gasteiger partial charge in [-0.15, -0.1) is 0 Å². The van der Waals surface area contributed by atoms with Gasteiger partial charge in [0.1, 0.15) is 23.3 Å². The molecule has 8 nitrogen and oxygen atoms in total. The second-order valence-corrected chi connectivity index (χ2v) is 9.19. The molecule has 184 valence electrons. The molecule has 6 rings (SSSR count). The summed E-state index contributed by atoms with van der Waals surface area (Å²) < 4.78 is 21.0. The Balaban J connectivity index is 1.32. The van der Waals surface area contributed by atoms with Crippen LogP contribution >= 0.6 is 9.24 Å². The zero-order valence-electron chi connectivity index (χ0n) is 19.8. The van der Waals surface area contributed by atoms with Crippen molar-refractivity contribution in [1.82, 2.24) is 19.5 Å². The molecule has 6 aromatic rings. The topological polar surface area (TPSA) is 97.3 Å². The number of fused-ring (bicyclic) bond motifs is 3. The Morgan fingerprint density at radius 1 is 0.757 bits per heavy atom. The van der Waals surface area contributed by atoms with Crippen LogP contribution in [-0.2, 0) is 11.3 Å². The van der Waals surface area contributed by atoms with Crippen LogP contribution in [0.25, 0.3) is 32.7 Å². The van der Waals surface area contributed by atoms with E-state index in [9.17, 15) is 0 Å². The third kappa shape index (κ3) is 4.65. The van der Waals surface area contributed by atoms with Gasteiger partial charge in [-0.05, 0) is 32.1 Å². The first-order valence-electron chi connectivity index (χ1n) is 11.8. The number of aromatic nitrogens is 4. The fourth-order valence-corrected chi connectivity index (χ4v) is 4.68. The number of hydrogen-bond donors (Lipinski definition) is 1. The molecule has 0 fully saturated rings. The molecule has 0 aliphatic heterocycles. The van der Waals surface area contributed by atoms with E-state index in [1.54, 1.807) is 6.33 Å². The normalized spacial score (nSPS) is 11.8. The van der Waals surface area contributed by atoms with Gasteiger partial charge in [0.2, 0.25) is 0 Å². The van der Waals surface area contributed by atoms with Crippen LogP contribution < -0.4 is 15.2 Å². The molecule has 2 aromatic heterocycles. The van der Waals surface area contributed by atoms with Crippen LogP contribution in [0.3, 0.4) is 0 Å².